The Balaban J connectivity index is 1.14. The first kappa shape index (κ1) is 23.6. The second kappa shape index (κ2) is 9.92. The maximum absolute atomic E-state index is 13.3. The Labute approximate surface area is 220 Å². The molecule has 1 atom stereocenters. The highest BCUT2D eigenvalue weighted by molar-refractivity contribution is 7.99. The van der Waals surface area contributed by atoms with Gasteiger partial charge in [-0.3, -0.25) is 9.69 Å². The molecule has 1 amide bonds. The minimum atomic E-state index is 0.117. The van der Waals surface area contributed by atoms with Gasteiger partial charge in [-0.25, -0.2) is 4.98 Å². The fourth-order valence-corrected chi connectivity index (χ4v) is 6.45. The molecule has 0 bridgehead atoms. The number of carbonyl (C=O) groups excluding carboxylic acids is 1. The zero-order valence-corrected chi connectivity index (χ0v) is 21.4. The van der Waals surface area contributed by atoms with Gasteiger partial charge in [0.15, 0.2) is 5.16 Å². The van der Waals surface area contributed by atoms with E-state index in [4.69, 9.17) is 10.00 Å². The van der Waals surface area contributed by atoms with E-state index in [-0.39, 0.29) is 11.9 Å². The topological polar surface area (TPSA) is 74.4 Å². The summed E-state index contributed by atoms with van der Waals surface area (Å²) in [5, 5.41) is 12.3. The zero-order chi connectivity index (χ0) is 25.4. The van der Waals surface area contributed by atoms with Crippen molar-refractivity contribution in [1.82, 2.24) is 14.5 Å². The molecule has 0 saturated carbocycles. The number of aromatic nitrogens is 2. The maximum atomic E-state index is 13.3. The fraction of sp³-hybridized carbons (Fsp3) is 0.276. The monoisotopic (exact) mass is 509 g/mol. The zero-order valence-electron chi connectivity index (χ0n) is 20.6. The van der Waals surface area contributed by atoms with Crippen LogP contribution >= 0.6 is 11.8 Å². The van der Waals surface area contributed by atoms with Crippen molar-refractivity contribution in [1.29, 1.82) is 5.26 Å². The van der Waals surface area contributed by atoms with Gasteiger partial charge < -0.3 is 14.2 Å². The number of nitrogens with zero attached hydrogens (tertiary/aromatic N) is 5. The lowest BCUT2D eigenvalue weighted by Crippen LogP contribution is -2.51. The Hall–Kier alpha value is -3.80. The normalized spacial score (nSPS) is 17.7. The Morgan fingerprint density at radius 3 is 2.78 bits per heavy atom. The Morgan fingerprint density at radius 2 is 2.00 bits per heavy atom. The lowest BCUT2D eigenvalue weighted by atomic mass is 10.1. The van der Waals surface area contributed by atoms with Crippen molar-refractivity contribution in [3.63, 3.8) is 0 Å². The van der Waals surface area contributed by atoms with Crippen LogP contribution in [0, 0.1) is 11.3 Å². The number of imidazole rings is 1. The van der Waals surface area contributed by atoms with Crippen molar-refractivity contribution in [3.05, 3.63) is 83.7 Å². The van der Waals surface area contributed by atoms with Crippen molar-refractivity contribution >= 4 is 34.1 Å². The van der Waals surface area contributed by atoms with Crippen LogP contribution in [0.4, 0.5) is 5.69 Å². The number of nitriles is 1. The molecule has 0 radical (unpaired) electrons. The molecule has 0 N–H and O–H groups in total. The lowest BCUT2D eigenvalue weighted by Gasteiger charge is -2.35. The molecule has 0 aliphatic carbocycles. The number of hydrogen-bond donors (Lipinski definition) is 0. The van der Waals surface area contributed by atoms with Crippen LogP contribution < -0.4 is 9.64 Å². The van der Waals surface area contributed by atoms with Gasteiger partial charge in [0, 0.05) is 49.1 Å². The third kappa shape index (κ3) is 4.45. The summed E-state index contributed by atoms with van der Waals surface area (Å²) in [4.78, 5) is 22.0. The molecule has 7 nitrogen and oxygen atoms in total. The van der Waals surface area contributed by atoms with E-state index in [9.17, 15) is 4.79 Å². The van der Waals surface area contributed by atoms with E-state index in [1.807, 2.05) is 65.7 Å². The molecule has 1 aromatic heterocycles. The first-order chi connectivity index (χ1) is 18.1. The predicted molar refractivity (Wildman–Crippen MR) is 145 cm³/mol. The molecule has 0 spiro atoms. The Bertz CT molecular complexity index is 1510. The summed E-state index contributed by atoms with van der Waals surface area (Å²) < 4.78 is 7.75. The largest absolute Gasteiger partial charge is 0.497 e. The molecule has 1 saturated heterocycles. The standard InChI is InChI=1S/C29H27N5O2S/c1-36-24-10-9-21-3-2-4-26(25(21)15-24)33-14-13-32(18-28(33)35)12-11-23-17-31-29-34(23)27(19-37-29)22-7-5-20(16-30)6-8-22/h2-10,15,17,27H,11-14,18-19H2,1H3/t27-/m0/s1. The van der Waals surface area contributed by atoms with E-state index in [1.54, 1.807) is 18.9 Å². The highest BCUT2D eigenvalue weighted by Crippen LogP contribution is 2.38. The second-order valence-corrected chi connectivity index (χ2v) is 10.4. The fourth-order valence-electron chi connectivity index (χ4n) is 5.29. The van der Waals surface area contributed by atoms with Crippen LogP contribution in [0.2, 0.25) is 0 Å². The van der Waals surface area contributed by atoms with Crippen LogP contribution in [0.15, 0.2) is 72.0 Å². The van der Waals surface area contributed by atoms with E-state index < -0.39 is 0 Å². The third-order valence-corrected chi connectivity index (χ3v) is 8.33. The van der Waals surface area contributed by atoms with Crippen molar-refractivity contribution in [2.75, 3.05) is 43.9 Å². The number of fused-ring (bicyclic) bond motifs is 2. The molecule has 37 heavy (non-hydrogen) atoms. The minimum absolute atomic E-state index is 0.117. The van der Waals surface area contributed by atoms with Gasteiger partial charge in [-0.1, -0.05) is 42.1 Å². The van der Waals surface area contributed by atoms with Gasteiger partial charge in [0.1, 0.15) is 5.75 Å². The SMILES string of the molecule is COc1ccc2cccc(N3CCN(CCc4cnc5n4[C@H](c4ccc(C#N)cc4)CS5)CC3=O)c2c1. The van der Waals surface area contributed by atoms with Crippen LogP contribution in [0.1, 0.15) is 22.9 Å². The molecule has 3 aromatic carbocycles. The molecule has 1 fully saturated rings. The molecule has 2 aliphatic rings. The number of benzene rings is 3. The van der Waals surface area contributed by atoms with Crippen LogP contribution in [0.5, 0.6) is 5.75 Å². The first-order valence-corrected chi connectivity index (χ1v) is 13.4. The van der Waals surface area contributed by atoms with E-state index in [0.29, 0.717) is 18.7 Å². The molecule has 8 heteroatoms. The van der Waals surface area contributed by atoms with Gasteiger partial charge in [-0.15, -0.1) is 0 Å². The number of rotatable bonds is 6. The van der Waals surface area contributed by atoms with Crippen molar-refractivity contribution in [2.45, 2.75) is 17.6 Å². The molecule has 6 rings (SSSR count). The highest BCUT2D eigenvalue weighted by Gasteiger charge is 2.29. The summed E-state index contributed by atoms with van der Waals surface area (Å²) in [6.07, 6.45) is 2.80. The number of anilines is 1. The first-order valence-electron chi connectivity index (χ1n) is 12.4. The number of hydrogen-bond acceptors (Lipinski definition) is 6. The number of carbonyl (C=O) groups is 1. The molecule has 186 valence electrons. The number of methoxy groups -OCH3 is 1. The van der Waals surface area contributed by atoms with Crippen LogP contribution in [-0.4, -0.2) is 59.4 Å². The molecule has 3 heterocycles. The number of thioether (sulfide) groups is 1. The second-order valence-electron chi connectivity index (χ2n) is 9.40. The Kier molecular flexibility index (Phi) is 6.33. The summed E-state index contributed by atoms with van der Waals surface area (Å²) in [6, 6.07) is 22.3. The van der Waals surface area contributed by atoms with Crippen LogP contribution in [-0.2, 0) is 11.2 Å². The van der Waals surface area contributed by atoms with Crippen molar-refractivity contribution < 1.29 is 9.53 Å². The number of ether oxygens (including phenoxy) is 1. The van der Waals surface area contributed by atoms with Gasteiger partial charge >= 0.3 is 0 Å². The summed E-state index contributed by atoms with van der Waals surface area (Å²) in [6.45, 7) is 2.68. The summed E-state index contributed by atoms with van der Waals surface area (Å²) in [5.74, 6) is 1.85. The minimum Gasteiger partial charge on any atom is -0.497 e. The van der Waals surface area contributed by atoms with E-state index in [1.165, 1.54) is 11.3 Å². The van der Waals surface area contributed by atoms with Gasteiger partial charge in [0.05, 0.1) is 37.0 Å². The summed E-state index contributed by atoms with van der Waals surface area (Å²) in [5.41, 5.74) is 3.99. The quantitative estimate of drug-likeness (QED) is 0.381. The molecule has 4 aromatic rings. The number of amides is 1. The van der Waals surface area contributed by atoms with Gasteiger partial charge in [0.2, 0.25) is 5.91 Å². The Morgan fingerprint density at radius 1 is 1.14 bits per heavy atom. The molecule has 0 unspecified atom stereocenters. The summed E-state index contributed by atoms with van der Waals surface area (Å²) in [7, 11) is 1.66. The molecular formula is C29H27N5O2S. The van der Waals surface area contributed by atoms with E-state index >= 15 is 0 Å². The highest BCUT2D eigenvalue weighted by atomic mass is 32.2. The molecule has 2 aliphatic heterocycles. The third-order valence-electron chi connectivity index (χ3n) is 7.29. The predicted octanol–water partition coefficient (Wildman–Crippen LogP) is 4.50. The van der Waals surface area contributed by atoms with Crippen LogP contribution in [0.3, 0.4) is 0 Å². The molecular weight excluding hydrogens is 482 g/mol. The number of piperazine rings is 1. The van der Waals surface area contributed by atoms with Gasteiger partial charge in [-0.05, 0) is 41.3 Å². The average molecular weight is 510 g/mol. The maximum Gasteiger partial charge on any atom is 0.241 e. The summed E-state index contributed by atoms with van der Waals surface area (Å²) >= 11 is 1.77. The smallest absolute Gasteiger partial charge is 0.241 e. The van der Waals surface area contributed by atoms with E-state index in [2.05, 4.69) is 26.6 Å². The van der Waals surface area contributed by atoms with Gasteiger partial charge in [-0.2, -0.15) is 5.26 Å². The van der Waals surface area contributed by atoms with Crippen molar-refractivity contribution in [2.24, 2.45) is 0 Å². The van der Waals surface area contributed by atoms with E-state index in [0.717, 1.165) is 52.6 Å². The lowest BCUT2D eigenvalue weighted by molar-refractivity contribution is -0.121. The van der Waals surface area contributed by atoms with Gasteiger partial charge in [0.25, 0.3) is 0 Å². The average Bonchev–Trinajstić information content (AvgIpc) is 3.54. The van der Waals surface area contributed by atoms with Crippen molar-refractivity contribution in [3.8, 4) is 11.8 Å². The van der Waals surface area contributed by atoms with Crippen LogP contribution in [0.25, 0.3) is 10.8 Å².